The highest BCUT2D eigenvalue weighted by Crippen LogP contribution is 2.19. The number of unbranched alkanes of at least 4 members (excludes halogenated alkanes) is 1. The second-order valence-electron chi connectivity index (χ2n) is 3.59. The fourth-order valence-electron chi connectivity index (χ4n) is 1.40. The van der Waals surface area contributed by atoms with Gasteiger partial charge in [-0.25, -0.2) is 4.39 Å². The lowest BCUT2D eigenvalue weighted by molar-refractivity contribution is 0.192. The molecule has 0 aliphatic rings. The molecular formula is C12H17BrFNO. The number of nitrogens with one attached hydrogen (secondary N) is 1. The third-order valence-corrected chi connectivity index (χ3v) is 3.19. The molecule has 0 atom stereocenters. The standard InChI is InChI=1S/C12H17BrFNO/c1-16-8-3-2-7-15-9-10-5-4-6-11(14)12(10)13/h4-6,15H,2-3,7-9H2,1H3. The van der Waals surface area contributed by atoms with E-state index in [1.54, 1.807) is 13.2 Å². The summed E-state index contributed by atoms with van der Waals surface area (Å²) in [4.78, 5) is 0. The average molecular weight is 290 g/mol. The van der Waals surface area contributed by atoms with E-state index in [2.05, 4.69) is 21.2 Å². The molecule has 0 aliphatic heterocycles. The van der Waals surface area contributed by atoms with Crippen LogP contribution < -0.4 is 5.32 Å². The van der Waals surface area contributed by atoms with Crippen molar-refractivity contribution in [3.8, 4) is 0 Å². The van der Waals surface area contributed by atoms with Crippen molar-refractivity contribution >= 4 is 15.9 Å². The summed E-state index contributed by atoms with van der Waals surface area (Å²) in [7, 11) is 1.71. The van der Waals surface area contributed by atoms with Crippen LogP contribution in [0.4, 0.5) is 4.39 Å². The SMILES string of the molecule is COCCCCNCc1cccc(F)c1Br. The maximum Gasteiger partial charge on any atom is 0.137 e. The number of rotatable bonds is 7. The van der Waals surface area contributed by atoms with Crippen LogP contribution in [0.5, 0.6) is 0 Å². The number of benzene rings is 1. The van der Waals surface area contributed by atoms with Gasteiger partial charge in [-0.2, -0.15) is 0 Å². The summed E-state index contributed by atoms with van der Waals surface area (Å²) in [5.41, 5.74) is 0.951. The maximum absolute atomic E-state index is 13.2. The van der Waals surface area contributed by atoms with Crippen LogP contribution in [0.2, 0.25) is 0 Å². The van der Waals surface area contributed by atoms with Crippen molar-refractivity contribution in [2.24, 2.45) is 0 Å². The van der Waals surface area contributed by atoms with Crippen LogP contribution in [-0.2, 0) is 11.3 Å². The van der Waals surface area contributed by atoms with Gasteiger partial charge in [0.2, 0.25) is 0 Å². The zero-order valence-electron chi connectivity index (χ0n) is 9.43. The highest BCUT2D eigenvalue weighted by Gasteiger charge is 2.03. The van der Waals surface area contributed by atoms with Crippen molar-refractivity contribution < 1.29 is 9.13 Å². The first kappa shape index (κ1) is 13.6. The van der Waals surface area contributed by atoms with Gasteiger partial charge in [0.15, 0.2) is 0 Å². The molecule has 2 nitrogen and oxygen atoms in total. The second-order valence-corrected chi connectivity index (χ2v) is 4.38. The van der Waals surface area contributed by atoms with Crippen LogP contribution in [0.3, 0.4) is 0 Å². The first-order chi connectivity index (χ1) is 7.75. The summed E-state index contributed by atoms with van der Waals surface area (Å²) < 4.78 is 18.7. The Morgan fingerprint density at radius 1 is 1.38 bits per heavy atom. The average Bonchev–Trinajstić information content (AvgIpc) is 2.29. The molecule has 0 heterocycles. The Hall–Kier alpha value is -0.450. The smallest absolute Gasteiger partial charge is 0.137 e. The van der Waals surface area contributed by atoms with Crippen LogP contribution in [0, 0.1) is 5.82 Å². The molecule has 0 amide bonds. The number of hydrogen-bond donors (Lipinski definition) is 1. The van der Waals surface area contributed by atoms with Gasteiger partial charge in [-0.15, -0.1) is 0 Å². The minimum absolute atomic E-state index is 0.210. The summed E-state index contributed by atoms with van der Waals surface area (Å²) in [5, 5.41) is 3.28. The van der Waals surface area contributed by atoms with Gasteiger partial charge in [-0.1, -0.05) is 12.1 Å². The third kappa shape index (κ3) is 4.60. The summed E-state index contributed by atoms with van der Waals surface area (Å²) in [6.45, 7) is 2.41. The fraction of sp³-hybridized carbons (Fsp3) is 0.500. The highest BCUT2D eigenvalue weighted by atomic mass is 79.9. The van der Waals surface area contributed by atoms with E-state index in [1.807, 2.05) is 6.07 Å². The fourth-order valence-corrected chi connectivity index (χ4v) is 1.81. The Labute approximate surface area is 104 Å². The molecule has 0 saturated carbocycles. The van der Waals surface area contributed by atoms with Gasteiger partial charge in [0.05, 0.1) is 4.47 Å². The van der Waals surface area contributed by atoms with Crippen LogP contribution in [-0.4, -0.2) is 20.3 Å². The molecule has 1 N–H and O–H groups in total. The van der Waals surface area contributed by atoms with Crippen LogP contribution in [0.25, 0.3) is 0 Å². The van der Waals surface area contributed by atoms with Gasteiger partial charge in [0, 0.05) is 20.3 Å². The van der Waals surface area contributed by atoms with Gasteiger partial charge in [-0.05, 0) is 46.9 Å². The summed E-state index contributed by atoms with van der Waals surface area (Å²) in [6.07, 6.45) is 2.12. The summed E-state index contributed by atoms with van der Waals surface area (Å²) in [6, 6.07) is 5.09. The minimum atomic E-state index is -0.210. The molecule has 90 valence electrons. The first-order valence-corrected chi connectivity index (χ1v) is 6.17. The molecule has 1 rings (SSSR count). The lowest BCUT2D eigenvalue weighted by Gasteiger charge is -2.07. The monoisotopic (exact) mass is 289 g/mol. The lowest BCUT2D eigenvalue weighted by atomic mass is 10.2. The third-order valence-electron chi connectivity index (χ3n) is 2.30. The van der Waals surface area contributed by atoms with Crippen molar-refractivity contribution in [2.45, 2.75) is 19.4 Å². The largest absolute Gasteiger partial charge is 0.385 e. The normalized spacial score (nSPS) is 10.7. The van der Waals surface area contributed by atoms with Crippen molar-refractivity contribution in [2.75, 3.05) is 20.3 Å². The Bertz CT molecular complexity index is 320. The first-order valence-electron chi connectivity index (χ1n) is 5.38. The van der Waals surface area contributed by atoms with E-state index >= 15 is 0 Å². The molecule has 0 radical (unpaired) electrons. The van der Waals surface area contributed by atoms with Crippen LogP contribution in [0.1, 0.15) is 18.4 Å². The van der Waals surface area contributed by atoms with Gasteiger partial charge in [-0.3, -0.25) is 0 Å². The van der Waals surface area contributed by atoms with E-state index in [4.69, 9.17) is 4.74 Å². The quantitative estimate of drug-likeness (QED) is 0.779. The summed E-state index contributed by atoms with van der Waals surface area (Å²) >= 11 is 3.24. The van der Waals surface area contributed by atoms with Crippen molar-refractivity contribution in [3.63, 3.8) is 0 Å². The zero-order chi connectivity index (χ0) is 11.8. The van der Waals surface area contributed by atoms with Crippen LogP contribution in [0.15, 0.2) is 22.7 Å². The van der Waals surface area contributed by atoms with Gasteiger partial charge < -0.3 is 10.1 Å². The molecule has 0 spiro atoms. The van der Waals surface area contributed by atoms with Gasteiger partial charge in [0.25, 0.3) is 0 Å². The van der Waals surface area contributed by atoms with E-state index in [-0.39, 0.29) is 5.82 Å². The number of ether oxygens (including phenoxy) is 1. The Morgan fingerprint density at radius 2 is 2.19 bits per heavy atom. The molecule has 0 bridgehead atoms. The Morgan fingerprint density at radius 3 is 2.94 bits per heavy atom. The molecule has 0 unspecified atom stereocenters. The van der Waals surface area contributed by atoms with Crippen molar-refractivity contribution in [1.29, 1.82) is 0 Å². The molecule has 0 saturated heterocycles. The van der Waals surface area contributed by atoms with Gasteiger partial charge >= 0.3 is 0 Å². The number of methoxy groups -OCH3 is 1. The predicted octanol–water partition coefficient (Wildman–Crippen LogP) is 3.10. The Kier molecular flexibility index (Phi) is 6.61. The molecule has 0 aromatic heterocycles. The van der Waals surface area contributed by atoms with Crippen LogP contribution >= 0.6 is 15.9 Å². The van der Waals surface area contributed by atoms with Crippen molar-refractivity contribution in [1.82, 2.24) is 5.32 Å². The predicted molar refractivity (Wildman–Crippen MR) is 66.9 cm³/mol. The summed E-state index contributed by atoms with van der Waals surface area (Å²) in [5.74, 6) is -0.210. The van der Waals surface area contributed by atoms with E-state index in [9.17, 15) is 4.39 Å². The number of hydrogen-bond acceptors (Lipinski definition) is 2. The molecular weight excluding hydrogens is 273 g/mol. The van der Waals surface area contributed by atoms with E-state index in [0.717, 1.165) is 31.6 Å². The molecule has 16 heavy (non-hydrogen) atoms. The molecule has 0 fully saturated rings. The molecule has 0 aliphatic carbocycles. The van der Waals surface area contributed by atoms with Gasteiger partial charge in [0.1, 0.15) is 5.82 Å². The van der Waals surface area contributed by atoms with E-state index < -0.39 is 0 Å². The molecule has 4 heteroatoms. The van der Waals surface area contributed by atoms with Crippen molar-refractivity contribution in [3.05, 3.63) is 34.1 Å². The second kappa shape index (κ2) is 7.76. The number of halogens is 2. The zero-order valence-corrected chi connectivity index (χ0v) is 11.0. The molecule has 1 aromatic rings. The highest BCUT2D eigenvalue weighted by molar-refractivity contribution is 9.10. The minimum Gasteiger partial charge on any atom is -0.385 e. The topological polar surface area (TPSA) is 21.3 Å². The van der Waals surface area contributed by atoms with E-state index in [1.165, 1.54) is 6.07 Å². The molecule has 1 aromatic carbocycles. The maximum atomic E-state index is 13.2. The Balaban J connectivity index is 2.24. The lowest BCUT2D eigenvalue weighted by Crippen LogP contribution is -2.15. The van der Waals surface area contributed by atoms with E-state index in [0.29, 0.717) is 11.0 Å².